The summed E-state index contributed by atoms with van der Waals surface area (Å²) >= 11 is 0. The van der Waals surface area contributed by atoms with E-state index in [1.807, 2.05) is 43.3 Å². The Bertz CT molecular complexity index is 1190. The van der Waals surface area contributed by atoms with Crippen molar-refractivity contribution >= 4 is 23.7 Å². The van der Waals surface area contributed by atoms with Gasteiger partial charge in [0.05, 0.1) is 11.9 Å². The first-order valence-corrected chi connectivity index (χ1v) is 11.1. The number of carboxylic acid groups (broad SMARTS) is 1. The molecule has 1 aliphatic rings. The Morgan fingerprint density at radius 1 is 1.09 bits per heavy atom. The first kappa shape index (κ1) is 23.0. The van der Waals surface area contributed by atoms with Crippen LogP contribution in [0.25, 0.3) is 11.1 Å². The van der Waals surface area contributed by atoms with Crippen LogP contribution >= 0.6 is 0 Å². The van der Waals surface area contributed by atoms with E-state index in [1.165, 1.54) is 13.2 Å². The number of carbonyl (C=O) groups excluding carboxylic acids is 2. The maximum Gasteiger partial charge on any atom is 0.407 e. The topological polar surface area (TPSA) is 123 Å². The Kier molecular flexibility index (Phi) is 6.62. The van der Waals surface area contributed by atoms with Gasteiger partial charge in [0.2, 0.25) is 5.91 Å². The van der Waals surface area contributed by atoms with Crippen molar-refractivity contribution in [3.63, 3.8) is 0 Å². The minimum absolute atomic E-state index is 0.0652. The number of fused-ring (bicyclic) bond motifs is 3. The molecule has 0 saturated heterocycles. The fourth-order valence-corrected chi connectivity index (χ4v) is 4.34. The van der Waals surface area contributed by atoms with Crippen molar-refractivity contribution in [2.45, 2.75) is 31.7 Å². The van der Waals surface area contributed by atoms with Crippen LogP contribution in [0.1, 0.15) is 47.3 Å². The van der Waals surface area contributed by atoms with Gasteiger partial charge in [-0.15, -0.1) is 0 Å². The van der Waals surface area contributed by atoms with Gasteiger partial charge in [-0.3, -0.25) is 9.48 Å². The number of aryl methyl sites for hydroxylation is 1. The Morgan fingerprint density at radius 2 is 1.71 bits per heavy atom. The second kappa shape index (κ2) is 9.78. The zero-order valence-corrected chi connectivity index (χ0v) is 18.9. The van der Waals surface area contributed by atoms with Gasteiger partial charge >= 0.3 is 12.1 Å². The number of carbonyl (C=O) groups is 3. The zero-order chi connectivity index (χ0) is 24.2. The molecule has 0 radical (unpaired) electrons. The highest BCUT2D eigenvalue weighted by atomic mass is 16.5. The summed E-state index contributed by atoms with van der Waals surface area (Å²) in [5, 5.41) is 18.4. The molecule has 3 N–H and O–H groups in total. The number of nitrogens with one attached hydrogen (secondary N) is 2. The van der Waals surface area contributed by atoms with Crippen LogP contribution in [0.2, 0.25) is 0 Å². The Hall–Kier alpha value is -4.14. The van der Waals surface area contributed by atoms with Crippen LogP contribution in [0.5, 0.6) is 0 Å². The first-order chi connectivity index (χ1) is 16.4. The number of ether oxygens (including phenoxy) is 1. The van der Waals surface area contributed by atoms with E-state index in [9.17, 15) is 19.5 Å². The summed E-state index contributed by atoms with van der Waals surface area (Å²) in [5.74, 6) is -1.84. The van der Waals surface area contributed by atoms with E-state index in [0.29, 0.717) is 12.8 Å². The quantitative estimate of drug-likeness (QED) is 0.468. The van der Waals surface area contributed by atoms with E-state index >= 15 is 0 Å². The average Bonchev–Trinajstić information content (AvgIpc) is 3.35. The molecule has 1 heterocycles. The third kappa shape index (κ3) is 4.50. The lowest BCUT2D eigenvalue weighted by molar-refractivity contribution is -0.118. The molecule has 1 atom stereocenters. The summed E-state index contributed by atoms with van der Waals surface area (Å²) in [4.78, 5) is 36.9. The van der Waals surface area contributed by atoms with Crippen molar-refractivity contribution in [2.24, 2.45) is 7.05 Å². The number of hydrogen-bond acceptors (Lipinski definition) is 5. The van der Waals surface area contributed by atoms with Crippen molar-refractivity contribution in [1.82, 2.24) is 15.1 Å². The molecule has 2 aromatic carbocycles. The predicted octanol–water partition coefficient (Wildman–Crippen LogP) is 3.76. The van der Waals surface area contributed by atoms with Gasteiger partial charge in [-0.25, -0.2) is 9.59 Å². The SMILES string of the molecule is CCCC(NC(=O)OCC1c2ccccc2-c2ccccc21)C(=O)Nc1cnn(C)c1C(=O)O. The van der Waals surface area contributed by atoms with Gasteiger partial charge in [-0.1, -0.05) is 61.9 Å². The molecule has 0 bridgehead atoms. The van der Waals surface area contributed by atoms with Crippen LogP contribution in [-0.4, -0.2) is 45.5 Å². The third-order valence-electron chi connectivity index (χ3n) is 5.93. The summed E-state index contributed by atoms with van der Waals surface area (Å²) < 4.78 is 6.70. The smallest absolute Gasteiger partial charge is 0.407 e. The van der Waals surface area contributed by atoms with Gasteiger partial charge in [-0.2, -0.15) is 5.10 Å². The van der Waals surface area contributed by atoms with Gasteiger partial charge < -0.3 is 20.5 Å². The Morgan fingerprint density at radius 3 is 2.29 bits per heavy atom. The average molecular weight is 463 g/mol. The monoisotopic (exact) mass is 462 g/mol. The number of benzene rings is 2. The van der Waals surface area contributed by atoms with Crippen LogP contribution < -0.4 is 10.6 Å². The van der Waals surface area contributed by atoms with Gasteiger partial charge in [0.1, 0.15) is 12.6 Å². The molecule has 3 aromatic rings. The number of alkyl carbamates (subject to hydrolysis) is 1. The zero-order valence-electron chi connectivity index (χ0n) is 18.9. The number of carboxylic acids is 1. The molecule has 1 aliphatic carbocycles. The van der Waals surface area contributed by atoms with Gasteiger partial charge in [0.25, 0.3) is 0 Å². The van der Waals surface area contributed by atoms with E-state index in [1.54, 1.807) is 0 Å². The molecule has 34 heavy (non-hydrogen) atoms. The number of anilines is 1. The number of aromatic nitrogens is 2. The van der Waals surface area contributed by atoms with E-state index < -0.39 is 24.0 Å². The molecule has 0 spiro atoms. The van der Waals surface area contributed by atoms with Crippen molar-refractivity contribution in [3.8, 4) is 11.1 Å². The van der Waals surface area contributed by atoms with Gasteiger partial charge in [0.15, 0.2) is 5.69 Å². The van der Waals surface area contributed by atoms with Crippen LogP contribution in [0.15, 0.2) is 54.7 Å². The fraction of sp³-hybridized carbons (Fsp3) is 0.280. The molecule has 9 nitrogen and oxygen atoms in total. The highest BCUT2D eigenvalue weighted by molar-refractivity contribution is 6.01. The molecule has 1 aromatic heterocycles. The van der Waals surface area contributed by atoms with Crippen LogP contribution in [0, 0.1) is 0 Å². The Labute approximate surface area is 196 Å². The van der Waals surface area contributed by atoms with Crippen LogP contribution in [0.3, 0.4) is 0 Å². The molecule has 176 valence electrons. The molecule has 0 aliphatic heterocycles. The van der Waals surface area contributed by atoms with Gasteiger partial charge in [0, 0.05) is 13.0 Å². The lowest BCUT2D eigenvalue weighted by Gasteiger charge is -2.19. The molecular formula is C25H26N4O5. The van der Waals surface area contributed by atoms with Gasteiger partial charge in [-0.05, 0) is 28.7 Å². The van der Waals surface area contributed by atoms with Crippen molar-refractivity contribution in [2.75, 3.05) is 11.9 Å². The maximum atomic E-state index is 12.8. The number of aromatic carboxylic acids is 1. The normalized spacial score (nSPS) is 13.0. The molecule has 9 heteroatoms. The first-order valence-electron chi connectivity index (χ1n) is 11.1. The fourth-order valence-electron chi connectivity index (χ4n) is 4.34. The summed E-state index contributed by atoms with van der Waals surface area (Å²) in [6.07, 6.45) is 1.54. The van der Waals surface area contributed by atoms with Crippen molar-refractivity contribution in [3.05, 3.63) is 71.5 Å². The molecular weight excluding hydrogens is 436 g/mol. The van der Waals surface area contributed by atoms with Crippen molar-refractivity contribution in [1.29, 1.82) is 0 Å². The summed E-state index contributed by atoms with van der Waals surface area (Å²) in [6.45, 7) is 2.01. The number of rotatable bonds is 8. The highest BCUT2D eigenvalue weighted by Gasteiger charge is 2.30. The maximum absolute atomic E-state index is 12.8. The summed E-state index contributed by atoms with van der Waals surface area (Å²) in [7, 11) is 1.47. The van der Waals surface area contributed by atoms with E-state index in [-0.39, 0.29) is 23.9 Å². The number of amides is 2. The summed E-state index contributed by atoms with van der Waals surface area (Å²) in [6, 6.07) is 15.2. The molecule has 0 fully saturated rings. The largest absolute Gasteiger partial charge is 0.476 e. The second-order valence-electron chi connectivity index (χ2n) is 8.14. The molecule has 2 amide bonds. The molecule has 0 saturated carbocycles. The van der Waals surface area contributed by atoms with Crippen LogP contribution in [-0.2, 0) is 16.6 Å². The van der Waals surface area contributed by atoms with Crippen LogP contribution in [0.4, 0.5) is 10.5 Å². The van der Waals surface area contributed by atoms with Crippen molar-refractivity contribution < 1.29 is 24.2 Å². The summed E-state index contributed by atoms with van der Waals surface area (Å²) in [5.41, 5.74) is 4.36. The third-order valence-corrected chi connectivity index (χ3v) is 5.93. The van der Waals surface area contributed by atoms with E-state index in [0.717, 1.165) is 26.9 Å². The minimum Gasteiger partial charge on any atom is -0.476 e. The number of hydrogen-bond donors (Lipinski definition) is 3. The lowest BCUT2D eigenvalue weighted by Crippen LogP contribution is -2.44. The second-order valence-corrected chi connectivity index (χ2v) is 8.14. The number of nitrogens with zero attached hydrogens (tertiary/aromatic N) is 2. The molecule has 1 unspecified atom stereocenters. The Balaban J connectivity index is 1.42. The van der Waals surface area contributed by atoms with E-state index in [2.05, 4.69) is 27.9 Å². The highest BCUT2D eigenvalue weighted by Crippen LogP contribution is 2.44. The van der Waals surface area contributed by atoms with E-state index in [4.69, 9.17) is 4.74 Å². The minimum atomic E-state index is -1.22. The lowest BCUT2D eigenvalue weighted by atomic mass is 9.98. The predicted molar refractivity (Wildman–Crippen MR) is 126 cm³/mol. The standard InChI is InChI=1S/C25H26N4O5/c1-3-8-20(23(30)27-21-13-26-29(2)22(21)24(31)32)28-25(33)34-14-19-17-11-6-4-9-15(17)16-10-5-7-12-18(16)19/h4-7,9-13,19-20H,3,8,14H2,1-2H3,(H,27,30)(H,28,33)(H,31,32). The molecule has 4 rings (SSSR count).